The van der Waals surface area contributed by atoms with Crippen LogP contribution in [0, 0.1) is 29.1 Å². The molecule has 3 heteroatoms. The Morgan fingerprint density at radius 2 is 1.96 bits per heavy atom. The Bertz CT molecular complexity index is 527. The summed E-state index contributed by atoms with van der Waals surface area (Å²) >= 11 is 0. The van der Waals surface area contributed by atoms with Gasteiger partial charge >= 0.3 is 0 Å². The van der Waals surface area contributed by atoms with Gasteiger partial charge in [0.25, 0.3) is 0 Å². The first-order chi connectivity index (χ1) is 11.4. The number of fused-ring (bicyclic) bond motifs is 2. The molecule has 0 aliphatic heterocycles. The standard InChI is InChI=1S/C22H40O2Si/c1-16(2)20(15-24-25(8,9)21(3,4)5)19-13-22(6)11-10-17(19)12-18(22)14-23-7/h10-11,14,16-17,19-20H,12-13,15H2,1-9H3/b18-14+/t17-,19-,20-,22-/m1/s1. The van der Waals surface area contributed by atoms with Gasteiger partial charge in [-0.2, -0.15) is 0 Å². The first-order valence-electron chi connectivity index (χ1n) is 9.97. The van der Waals surface area contributed by atoms with Gasteiger partial charge in [0.05, 0.1) is 13.4 Å². The van der Waals surface area contributed by atoms with Crippen LogP contribution in [0.25, 0.3) is 0 Å². The molecule has 3 aliphatic carbocycles. The normalized spacial score (nSPS) is 32.5. The third-order valence-electron chi connectivity index (χ3n) is 7.22. The lowest BCUT2D eigenvalue weighted by molar-refractivity contribution is 0.0665. The van der Waals surface area contributed by atoms with E-state index in [0.29, 0.717) is 23.7 Å². The van der Waals surface area contributed by atoms with E-state index in [1.54, 1.807) is 7.11 Å². The van der Waals surface area contributed by atoms with Crippen LogP contribution in [0.1, 0.15) is 54.4 Å². The number of ether oxygens (including phenoxy) is 1. The molecule has 144 valence electrons. The van der Waals surface area contributed by atoms with Crippen molar-refractivity contribution in [2.45, 2.75) is 72.5 Å². The van der Waals surface area contributed by atoms with Gasteiger partial charge in [0.1, 0.15) is 0 Å². The molecule has 3 aliphatic rings. The zero-order valence-corrected chi connectivity index (χ0v) is 19.0. The Balaban J connectivity index is 2.15. The second-order valence-corrected chi connectivity index (χ2v) is 15.2. The van der Waals surface area contributed by atoms with Crippen LogP contribution in [0.3, 0.4) is 0 Å². The van der Waals surface area contributed by atoms with Crippen molar-refractivity contribution in [1.82, 2.24) is 0 Å². The molecule has 0 N–H and O–H groups in total. The Kier molecular flexibility index (Phi) is 6.00. The fourth-order valence-corrected chi connectivity index (χ4v) is 5.30. The first-order valence-corrected chi connectivity index (χ1v) is 12.9. The van der Waals surface area contributed by atoms with Gasteiger partial charge in [-0.1, -0.05) is 53.7 Å². The van der Waals surface area contributed by atoms with Gasteiger partial charge in [-0.3, -0.25) is 0 Å². The maximum absolute atomic E-state index is 6.66. The summed E-state index contributed by atoms with van der Waals surface area (Å²) in [4.78, 5) is 0. The third-order valence-corrected chi connectivity index (χ3v) is 11.7. The molecule has 0 saturated heterocycles. The van der Waals surface area contributed by atoms with Crippen LogP contribution in [0.2, 0.25) is 18.1 Å². The minimum Gasteiger partial charge on any atom is -0.504 e. The largest absolute Gasteiger partial charge is 0.504 e. The van der Waals surface area contributed by atoms with E-state index in [1.807, 2.05) is 6.26 Å². The highest BCUT2D eigenvalue weighted by atomic mass is 28.4. The predicted octanol–water partition coefficient (Wildman–Crippen LogP) is 6.41. The molecule has 0 unspecified atom stereocenters. The van der Waals surface area contributed by atoms with Crippen molar-refractivity contribution < 1.29 is 9.16 Å². The number of hydrogen-bond acceptors (Lipinski definition) is 2. The molecule has 0 heterocycles. The highest BCUT2D eigenvalue weighted by molar-refractivity contribution is 6.74. The van der Waals surface area contributed by atoms with Gasteiger partial charge in [-0.25, -0.2) is 0 Å². The summed E-state index contributed by atoms with van der Waals surface area (Å²) in [6, 6.07) is 0. The highest BCUT2D eigenvalue weighted by Crippen LogP contribution is 2.55. The fraction of sp³-hybridized carbons (Fsp3) is 0.818. The van der Waals surface area contributed by atoms with Crippen LogP contribution in [0.4, 0.5) is 0 Å². The Morgan fingerprint density at radius 3 is 2.44 bits per heavy atom. The molecule has 3 rings (SSSR count). The van der Waals surface area contributed by atoms with Crippen molar-refractivity contribution in [1.29, 1.82) is 0 Å². The smallest absolute Gasteiger partial charge is 0.191 e. The maximum atomic E-state index is 6.66. The average molecular weight is 365 g/mol. The second-order valence-electron chi connectivity index (χ2n) is 10.4. The summed E-state index contributed by atoms with van der Waals surface area (Å²) in [6.07, 6.45) is 9.27. The molecule has 0 radical (unpaired) electrons. The van der Waals surface area contributed by atoms with Crippen LogP contribution in [0.5, 0.6) is 0 Å². The molecular weight excluding hydrogens is 324 g/mol. The second kappa shape index (κ2) is 7.23. The van der Waals surface area contributed by atoms with E-state index in [2.05, 4.69) is 66.8 Å². The Morgan fingerprint density at radius 1 is 1.32 bits per heavy atom. The number of rotatable bonds is 6. The summed E-state index contributed by atoms with van der Waals surface area (Å²) in [5.41, 5.74) is 1.63. The summed E-state index contributed by atoms with van der Waals surface area (Å²) in [5.74, 6) is 2.64. The first kappa shape index (κ1) is 20.8. The Labute approximate surface area is 157 Å². The van der Waals surface area contributed by atoms with Crippen molar-refractivity contribution in [3.8, 4) is 0 Å². The highest BCUT2D eigenvalue weighted by Gasteiger charge is 2.47. The van der Waals surface area contributed by atoms with Crippen molar-refractivity contribution in [2.24, 2.45) is 29.1 Å². The summed E-state index contributed by atoms with van der Waals surface area (Å²) in [5, 5.41) is 0.278. The molecule has 0 aromatic carbocycles. The minimum atomic E-state index is -1.69. The van der Waals surface area contributed by atoms with E-state index in [9.17, 15) is 0 Å². The van der Waals surface area contributed by atoms with Crippen molar-refractivity contribution >= 4 is 8.32 Å². The lowest BCUT2D eigenvalue weighted by Crippen LogP contribution is -2.46. The molecular formula is C22H40O2Si. The van der Waals surface area contributed by atoms with E-state index in [4.69, 9.17) is 9.16 Å². The number of allylic oxidation sites excluding steroid dienone is 3. The SMILES string of the molecule is CO/C=C1\C[C@H]2C=C[C@]1(C)C[C@H]2[C@H](CO[Si](C)(C)C(C)(C)C)C(C)C. The molecule has 1 saturated carbocycles. The van der Waals surface area contributed by atoms with E-state index >= 15 is 0 Å². The van der Waals surface area contributed by atoms with Crippen LogP contribution < -0.4 is 0 Å². The lowest BCUT2D eigenvalue weighted by Gasteiger charge is -2.50. The summed E-state index contributed by atoms with van der Waals surface area (Å²) in [7, 11) is 0.0753. The molecule has 2 bridgehead atoms. The van der Waals surface area contributed by atoms with Gasteiger partial charge in [0, 0.05) is 12.0 Å². The van der Waals surface area contributed by atoms with E-state index < -0.39 is 8.32 Å². The predicted molar refractivity (Wildman–Crippen MR) is 110 cm³/mol. The van der Waals surface area contributed by atoms with E-state index in [1.165, 1.54) is 12.0 Å². The molecule has 0 spiro atoms. The zero-order valence-electron chi connectivity index (χ0n) is 18.0. The van der Waals surface area contributed by atoms with Crippen LogP contribution >= 0.6 is 0 Å². The van der Waals surface area contributed by atoms with Crippen molar-refractivity contribution in [3.63, 3.8) is 0 Å². The average Bonchev–Trinajstić information content (AvgIpc) is 2.47. The monoisotopic (exact) mass is 364 g/mol. The lowest BCUT2D eigenvalue weighted by atomic mass is 9.55. The molecule has 1 fully saturated rings. The van der Waals surface area contributed by atoms with Gasteiger partial charge < -0.3 is 9.16 Å². The van der Waals surface area contributed by atoms with E-state index in [-0.39, 0.29) is 10.5 Å². The minimum absolute atomic E-state index is 0.166. The van der Waals surface area contributed by atoms with Crippen LogP contribution in [0.15, 0.2) is 24.0 Å². The van der Waals surface area contributed by atoms with Gasteiger partial charge in [0.15, 0.2) is 8.32 Å². The van der Waals surface area contributed by atoms with E-state index in [0.717, 1.165) is 13.0 Å². The fourth-order valence-electron chi connectivity index (χ4n) is 4.26. The summed E-state index contributed by atoms with van der Waals surface area (Å²) < 4.78 is 12.0. The van der Waals surface area contributed by atoms with Crippen molar-refractivity contribution in [2.75, 3.05) is 13.7 Å². The van der Waals surface area contributed by atoms with Crippen LogP contribution in [-0.4, -0.2) is 22.0 Å². The molecule has 2 nitrogen and oxygen atoms in total. The van der Waals surface area contributed by atoms with Gasteiger partial charge in [-0.05, 0) is 60.2 Å². The molecule has 0 aromatic rings. The van der Waals surface area contributed by atoms with Crippen molar-refractivity contribution in [3.05, 3.63) is 24.0 Å². The quantitative estimate of drug-likeness (QED) is 0.308. The molecule has 0 amide bonds. The molecule has 0 aromatic heterocycles. The summed E-state index contributed by atoms with van der Waals surface area (Å²) in [6.45, 7) is 19.8. The number of methoxy groups -OCH3 is 1. The Hall–Kier alpha value is -0.543. The maximum Gasteiger partial charge on any atom is 0.191 e. The zero-order chi connectivity index (χ0) is 19.0. The molecule has 25 heavy (non-hydrogen) atoms. The van der Waals surface area contributed by atoms with Crippen LogP contribution in [-0.2, 0) is 9.16 Å². The van der Waals surface area contributed by atoms with Gasteiger partial charge in [0.2, 0.25) is 0 Å². The van der Waals surface area contributed by atoms with Gasteiger partial charge in [-0.15, -0.1) is 0 Å². The third kappa shape index (κ3) is 4.24. The number of hydrogen-bond donors (Lipinski definition) is 0. The topological polar surface area (TPSA) is 18.5 Å². The molecule has 4 atom stereocenters.